The minimum atomic E-state index is -0.272. The summed E-state index contributed by atoms with van der Waals surface area (Å²) < 4.78 is 0. The van der Waals surface area contributed by atoms with E-state index in [2.05, 4.69) is 34.4 Å². The zero-order chi connectivity index (χ0) is 19.2. The van der Waals surface area contributed by atoms with Gasteiger partial charge in [0, 0.05) is 23.5 Å². The maximum atomic E-state index is 12.6. The van der Waals surface area contributed by atoms with E-state index < -0.39 is 0 Å². The van der Waals surface area contributed by atoms with Crippen molar-refractivity contribution in [3.8, 4) is 0 Å². The summed E-state index contributed by atoms with van der Waals surface area (Å²) in [6, 6.07) is 16.9. The van der Waals surface area contributed by atoms with Gasteiger partial charge in [0.1, 0.15) is 5.69 Å². The van der Waals surface area contributed by atoms with Crippen LogP contribution in [0.5, 0.6) is 0 Å². The molecule has 0 radical (unpaired) electrons. The third-order valence-electron chi connectivity index (χ3n) is 4.11. The number of carbonyl (C=O) groups is 1. The van der Waals surface area contributed by atoms with Gasteiger partial charge in [-0.05, 0) is 35.2 Å². The smallest absolute Gasteiger partial charge is 0.274 e. The lowest BCUT2D eigenvalue weighted by Gasteiger charge is -2.13. The third-order valence-corrected chi connectivity index (χ3v) is 4.48. The lowest BCUT2D eigenvalue weighted by Crippen LogP contribution is -2.16. The molecule has 6 heteroatoms. The van der Waals surface area contributed by atoms with Crippen LogP contribution in [-0.4, -0.2) is 15.9 Å². The first kappa shape index (κ1) is 18.9. The van der Waals surface area contributed by atoms with Crippen LogP contribution in [-0.2, 0) is 6.54 Å². The van der Waals surface area contributed by atoms with Gasteiger partial charge in [0.05, 0.1) is 0 Å². The summed E-state index contributed by atoms with van der Waals surface area (Å²) in [7, 11) is 0. The van der Waals surface area contributed by atoms with E-state index in [0.717, 1.165) is 16.8 Å². The molecule has 5 nitrogen and oxygen atoms in total. The number of para-hydroxylation sites is 1. The van der Waals surface area contributed by atoms with Gasteiger partial charge in [0.15, 0.2) is 0 Å². The summed E-state index contributed by atoms with van der Waals surface area (Å²) in [5.41, 5.74) is 3.10. The van der Waals surface area contributed by atoms with Crippen LogP contribution in [0.15, 0.2) is 60.8 Å². The molecule has 0 atom stereocenters. The number of anilines is 2. The number of nitrogens with zero attached hydrogens (tertiary/aromatic N) is 2. The molecule has 0 spiro atoms. The number of carbonyl (C=O) groups excluding carboxylic acids is 1. The predicted molar refractivity (Wildman–Crippen MR) is 109 cm³/mol. The van der Waals surface area contributed by atoms with Gasteiger partial charge in [0.25, 0.3) is 5.91 Å². The van der Waals surface area contributed by atoms with E-state index in [-0.39, 0.29) is 5.91 Å². The van der Waals surface area contributed by atoms with Crippen LogP contribution < -0.4 is 10.6 Å². The minimum absolute atomic E-state index is 0.272. The first-order valence-corrected chi connectivity index (χ1v) is 9.13. The molecule has 0 fully saturated rings. The highest BCUT2D eigenvalue weighted by Crippen LogP contribution is 2.24. The number of hydrogen-bond acceptors (Lipinski definition) is 4. The second kappa shape index (κ2) is 8.64. The van der Waals surface area contributed by atoms with Gasteiger partial charge in [-0.3, -0.25) is 4.79 Å². The molecule has 3 aromatic rings. The Kier molecular flexibility index (Phi) is 6.04. The average Bonchev–Trinajstić information content (AvgIpc) is 2.68. The number of nitrogens with one attached hydrogen (secondary N) is 2. The number of aromatic nitrogens is 2. The second-order valence-corrected chi connectivity index (χ2v) is 6.81. The molecule has 0 unspecified atom stereocenters. The van der Waals surface area contributed by atoms with Crippen molar-refractivity contribution in [2.45, 2.75) is 26.3 Å². The number of benzene rings is 2. The van der Waals surface area contributed by atoms with Gasteiger partial charge in [-0.25, -0.2) is 9.97 Å². The lowest BCUT2D eigenvalue weighted by molar-refractivity contribution is 0.102. The molecule has 1 amide bonds. The minimum Gasteiger partial charge on any atom is -0.350 e. The van der Waals surface area contributed by atoms with Gasteiger partial charge in [-0.15, -0.1) is 0 Å². The fourth-order valence-electron chi connectivity index (χ4n) is 2.69. The van der Waals surface area contributed by atoms with E-state index in [9.17, 15) is 4.79 Å². The van der Waals surface area contributed by atoms with Crippen molar-refractivity contribution < 1.29 is 4.79 Å². The van der Waals surface area contributed by atoms with Gasteiger partial charge >= 0.3 is 0 Å². The Morgan fingerprint density at radius 2 is 1.81 bits per heavy atom. The molecule has 3 rings (SSSR count). The zero-order valence-corrected chi connectivity index (χ0v) is 16.0. The van der Waals surface area contributed by atoms with Crippen LogP contribution in [0.1, 0.15) is 41.4 Å². The van der Waals surface area contributed by atoms with Crippen LogP contribution in [0.4, 0.5) is 11.6 Å². The van der Waals surface area contributed by atoms with E-state index in [4.69, 9.17) is 11.6 Å². The largest absolute Gasteiger partial charge is 0.350 e. The maximum Gasteiger partial charge on any atom is 0.274 e. The van der Waals surface area contributed by atoms with Crippen LogP contribution >= 0.6 is 11.6 Å². The Morgan fingerprint density at radius 1 is 1.07 bits per heavy atom. The van der Waals surface area contributed by atoms with Crippen LogP contribution in [0.25, 0.3) is 0 Å². The van der Waals surface area contributed by atoms with Crippen molar-refractivity contribution in [2.75, 3.05) is 10.6 Å². The molecule has 0 saturated carbocycles. The van der Waals surface area contributed by atoms with E-state index in [0.29, 0.717) is 29.1 Å². The Labute approximate surface area is 163 Å². The van der Waals surface area contributed by atoms with E-state index in [1.807, 2.05) is 48.5 Å². The highest BCUT2D eigenvalue weighted by atomic mass is 35.5. The SMILES string of the molecule is CC(C)c1ccccc1NC(=O)c1ccnc(NCc2ccccc2Cl)n1. The van der Waals surface area contributed by atoms with Crippen LogP contribution in [0, 0.1) is 0 Å². The summed E-state index contributed by atoms with van der Waals surface area (Å²) in [4.78, 5) is 21.1. The summed E-state index contributed by atoms with van der Waals surface area (Å²) >= 11 is 6.16. The molecular weight excluding hydrogens is 360 g/mol. The first-order chi connectivity index (χ1) is 13.0. The quantitative estimate of drug-likeness (QED) is 0.623. The molecule has 2 aromatic carbocycles. The maximum absolute atomic E-state index is 12.6. The second-order valence-electron chi connectivity index (χ2n) is 6.41. The van der Waals surface area contributed by atoms with Crippen molar-refractivity contribution >= 4 is 29.1 Å². The summed E-state index contributed by atoms with van der Waals surface area (Å²) in [6.45, 7) is 4.65. The Morgan fingerprint density at radius 3 is 2.59 bits per heavy atom. The Balaban J connectivity index is 1.72. The third kappa shape index (κ3) is 4.83. The molecule has 1 heterocycles. The van der Waals surface area contributed by atoms with Crippen molar-refractivity contribution in [3.63, 3.8) is 0 Å². The van der Waals surface area contributed by atoms with Crippen molar-refractivity contribution in [3.05, 3.63) is 82.6 Å². The molecule has 0 bridgehead atoms. The monoisotopic (exact) mass is 380 g/mol. The number of hydrogen-bond donors (Lipinski definition) is 2. The number of halogens is 1. The fourth-order valence-corrected chi connectivity index (χ4v) is 2.89. The highest BCUT2D eigenvalue weighted by molar-refractivity contribution is 6.31. The van der Waals surface area contributed by atoms with Gasteiger partial charge < -0.3 is 10.6 Å². The van der Waals surface area contributed by atoms with E-state index in [1.165, 1.54) is 0 Å². The van der Waals surface area contributed by atoms with Gasteiger partial charge in [-0.2, -0.15) is 0 Å². The average molecular weight is 381 g/mol. The highest BCUT2D eigenvalue weighted by Gasteiger charge is 2.13. The topological polar surface area (TPSA) is 66.9 Å². The molecule has 138 valence electrons. The number of rotatable bonds is 6. The van der Waals surface area contributed by atoms with Gasteiger partial charge in [0.2, 0.25) is 5.95 Å². The standard InChI is InChI=1S/C21H21ClN4O/c1-14(2)16-8-4-6-10-18(16)25-20(27)19-11-12-23-21(26-19)24-13-15-7-3-5-9-17(15)22/h3-12,14H,13H2,1-2H3,(H,25,27)(H,23,24,26). The molecule has 27 heavy (non-hydrogen) atoms. The molecular formula is C21H21ClN4O. The Bertz CT molecular complexity index is 943. The van der Waals surface area contributed by atoms with Crippen molar-refractivity contribution in [1.29, 1.82) is 0 Å². The summed E-state index contributed by atoms with van der Waals surface area (Å²) in [6.07, 6.45) is 1.56. The molecule has 0 aliphatic carbocycles. The van der Waals surface area contributed by atoms with E-state index >= 15 is 0 Å². The lowest BCUT2D eigenvalue weighted by atomic mass is 10.0. The van der Waals surface area contributed by atoms with Crippen LogP contribution in [0.2, 0.25) is 5.02 Å². The van der Waals surface area contributed by atoms with Crippen molar-refractivity contribution in [1.82, 2.24) is 9.97 Å². The predicted octanol–water partition coefficient (Wildman–Crippen LogP) is 5.12. The first-order valence-electron chi connectivity index (χ1n) is 8.75. The Hall–Kier alpha value is -2.92. The molecule has 2 N–H and O–H groups in total. The summed E-state index contributed by atoms with van der Waals surface area (Å²) in [5.74, 6) is 0.408. The fraction of sp³-hybridized carbons (Fsp3) is 0.190. The molecule has 1 aromatic heterocycles. The molecule has 0 saturated heterocycles. The van der Waals surface area contributed by atoms with Gasteiger partial charge in [-0.1, -0.05) is 61.8 Å². The number of amides is 1. The summed E-state index contributed by atoms with van der Waals surface area (Å²) in [5, 5.41) is 6.71. The van der Waals surface area contributed by atoms with E-state index in [1.54, 1.807) is 12.3 Å². The van der Waals surface area contributed by atoms with Crippen LogP contribution in [0.3, 0.4) is 0 Å². The zero-order valence-electron chi connectivity index (χ0n) is 15.2. The van der Waals surface area contributed by atoms with Crippen molar-refractivity contribution in [2.24, 2.45) is 0 Å². The normalized spacial score (nSPS) is 10.7. The molecule has 0 aliphatic heterocycles. The molecule has 0 aliphatic rings.